The summed E-state index contributed by atoms with van der Waals surface area (Å²) in [5, 5.41) is 6.99. The van der Waals surface area contributed by atoms with Gasteiger partial charge >= 0.3 is 0 Å². The molecule has 0 radical (unpaired) electrons. The largest absolute Gasteiger partial charge is 0.387 e. The highest BCUT2D eigenvalue weighted by atomic mass is 16.7. The first-order valence-electron chi connectivity index (χ1n) is 9.29. The fraction of sp³-hybridized carbons (Fsp3) is 0.333. The van der Waals surface area contributed by atoms with Gasteiger partial charge in [-0.2, -0.15) is 0 Å². The van der Waals surface area contributed by atoms with E-state index in [1.54, 1.807) is 32.1 Å². The smallest absolute Gasteiger partial charge is 0.249 e. The maximum Gasteiger partial charge on any atom is 0.249 e. The summed E-state index contributed by atoms with van der Waals surface area (Å²) in [4.78, 5) is 43.2. The Hall–Kier alpha value is -3.42. The van der Waals surface area contributed by atoms with Gasteiger partial charge in [-0.25, -0.2) is 0 Å². The highest BCUT2D eigenvalue weighted by Gasteiger charge is 2.53. The van der Waals surface area contributed by atoms with Crippen LogP contribution in [0.1, 0.15) is 32.3 Å². The van der Waals surface area contributed by atoms with Gasteiger partial charge in [-0.15, -0.1) is 0 Å². The molecule has 2 aliphatic rings. The first-order chi connectivity index (χ1) is 13.7. The van der Waals surface area contributed by atoms with Crippen molar-refractivity contribution in [3.63, 3.8) is 0 Å². The first kappa shape index (κ1) is 20.3. The van der Waals surface area contributed by atoms with Crippen LogP contribution < -0.4 is 11.1 Å². The maximum absolute atomic E-state index is 12.4. The van der Waals surface area contributed by atoms with E-state index in [4.69, 9.17) is 10.6 Å². The molecule has 0 aliphatic carbocycles. The predicted molar refractivity (Wildman–Crippen MR) is 109 cm³/mol. The van der Waals surface area contributed by atoms with Crippen LogP contribution in [0.5, 0.6) is 0 Å². The zero-order valence-electron chi connectivity index (χ0n) is 16.5. The Labute approximate surface area is 169 Å². The quantitative estimate of drug-likeness (QED) is 0.738. The fourth-order valence-corrected chi connectivity index (χ4v) is 3.64. The number of likely N-dealkylation sites (tertiary alicyclic amines) is 1. The lowest BCUT2D eigenvalue weighted by atomic mass is 9.91. The number of carbonyl (C=O) groups is 3. The van der Waals surface area contributed by atoms with Crippen LogP contribution >= 0.6 is 0 Å². The predicted octanol–water partition coefficient (Wildman–Crippen LogP) is 1.73. The summed E-state index contributed by atoms with van der Waals surface area (Å²) in [6, 6.07) is 6.50. The number of hydrogen-bond acceptors (Lipinski definition) is 5. The second kappa shape index (κ2) is 7.90. The van der Waals surface area contributed by atoms with E-state index in [9.17, 15) is 14.4 Å². The van der Waals surface area contributed by atoms with E-state index < -0.39 is 17.6 Å². The average Bonchev–Trinajstić information content (AvgIpc) is 3.26. The molecule has 1 unspecified atom stereocenters. The number of nitrogens with two attached hydrogens (primary N) is 1. The lowest BCUT2D eigenvalue weighted by Gasteiger charge is -2.23. The summed E-state index contributed by atoms with van der Waals surface area (Å²) in [6.07, 6.45) is 3.79. The highest BCUT2D eigenvalue weighted by molar-refractivity contribution is 6.04. The standard InChI is InChI=1S/C21H24N4O4/c1-4-6-18(26)23-15-8-5-7-14(9-15)16-10-21(29-24-16)11-17(19(22)27)25(12-21)20(28)13(2)3/h4-9,17H,2,10-12H2,1,3H3,(H2,22,27)(H,23,26)/b6-4-/t17-,21?/m0/s1. The molecule has 8 nitrogen and oxygen atoms in total. The molecule has 0 bridgehead atoms. The lowest BCUT2D eigenvalue weighted by molar-refractivity contribution is -0.134. The van der Waals surface area contributed by atoms with E-state index >= 15 is 0 Å². The molecule has 1 aromatic rings. The minimum atomic E-state index is -0.801. The van der Waals surface area contributed by atoms with Crippen LogP contribution in [0.25, 0.3) is 0 Å². The number of carbonyl (C=O) groups excluding carboxylic acids is 3. The lowest BCUT2D eigenvalue weighted by Crippen LogP contribution is -2.44. The highest BCUT2D eigenvalue weighted by Crippen LogP contribution is 2.39. The van der Waals surface area contributed by atoms with E-state index in [1.165, 1.54) is 11.0 Å². The molecule has 8 heteroatoms. The zero-order valence-corrected chi connectivity index (χ0v) is 16.5. The van der Waals surface area contributed by atoms with Gasteiger partial charge in [0.1, 0.15) is 6.04 Å². The van der Waals surface area contributed by atoms with Crippen LogP contribution in [-0.4, -0.2) is 46.5 Å². The monoisotopic (exact) mass is 396 g/mol. The van der Waals surface area contributed by atoms with Crippen LogP contribution in [0.2, 0.25) is 0 Å². The van der Waals surface area contributed by atoms with Crippen LogP contribution in [0.15, 0.2) is 53.7 Å². The van der Waals surface area contributed by atoms with Gasteiger partial charge in [0.2, 0.25) is 17.7 Å². The van der Waals surface area contributed by atoms with E-state index in [2.05, 4.69) is 17.1 Å². The van der Waals surface area contributed by atoms with Crippen LogP contribution in [-0.2, 0) is 19.2 Å². The first-order valence-corrected chi connectivity index (χ1v) is 9.29. The molecule has 1 spiro atoms. The number of allylic oxidation sites excluding steroid dienone is 1. The third-order valence-corrected chi connectivity index (χ3v) is 4.97. The van der Waals surface area contributed by atoms with Crippen molar-refractivity contribution >= 4 is 29.1 Å². The molecular formula is C21H24N4O4. The van der Waals surface area contributed by atoms with E-state index in [0.29, 0.717) is 23.4 Å². The van der Waals surface area contributed by atoms with Gasteiger partial charge in [-0.05, 0) is 32.1 Å². The minimum Gasteiger partial charge on any atom is -0.387 e. The van der Waals surface area contributed by atoms with Crippen molar-refractivity contribution in [1.29, 1.82) is 0 Å². The second-order valence-corrected chi connectivity index (χ2v) is 7.39. The minimum absolute atomic E-state index is 0.205. The molecule has 1 fully saturated rings. The maximum atomic E-state index is 12.4. The molecule has 0 saturated carbocycles. The number of nitrogens with one attached hydrogen (secondary N) is 1. The molecule has 3 rings (SSSR count). The van der Waals surface area contributed by atoms with Gasteiger partial charge in [0, 0.05) is 29.7 Å². The zero-order chi connectivity index (χ0) is 21.2. The summed E-state index contributed by atoms with van der Waals surface area (Å²) < 4.78 is 0. The molecule has 1 saturated heterocycles. The number of oxime groups is 1. The van der Waals surface area contributed by atoms with Crippen molar-refractivity contribution in [3.8, 4) is 0 Å². The van der Waals surface area contributed by atoms with Gasteiger partial charge in [0.15, 0.2) is 5.60 Å². The van der Waals surface area contributed by atoms with Gasteiger partial charge in [0.25, 0.3) is 0 Å². The average molecular weight is 396 g/mol. The van der Waals surface area contributed by atoms with Crippen molar-refractivity contribution in [3.05, 3.63) is 54.1 Å². The number of rotatable bonds is 5. The van der Waals surface area contributed by atoms with Crippen molar-refractivity contribution in [2.75, 3.05) is 11.9 Å². The third kappa shape index (κ3) is 4.21. The Morgan fingerprint density at radius 1 is 1.41 bits per heavy atom. The summed E-state index contributed by atoms with van der Waals surface area (Å²) in [6.45, 7) is 7.23. The van der Waals surface area contributed by atoms with E-state index in [1.807, 2.05) is 12.1 Å². The summed E-state index contributed by atoms with van der Waals surface area (Å²) in [5.41, 5.74) is 7.15. The molecule has 2 atom stereocenters. The fourth-order valence-electron chi connectivity index (χ4n) is 3.64. The number of anilines is 1. The van der Waals surface area contributed by atoms with Crippen LogP contribution in [0.4, 0.5) is 5.69 Å². The van der Waals surface area contributed by atoms with Crippen LogP contribution in [0, 0.1) is 0 Å². The molecule has 0 aromatic heterocycles. The number of hydrogen-bond donors (Lipinski definition) is 2. The van der Waals surface area contributed by atoms with Crippen molar-refractivity contribution in [2.24, 2.45) is 10.9 Å². The topological polar surface area (TPSA) is 114 Å². The van der Waals surface area contributed by atoms with Gasteiger partial charge in [-0.1, -0.05) is 29.9 Å². The molecule has 29 heavy (non-hydrogen) atoms. The normalized spacial score (nSPS) is 23.2. The van der Waals surface area contributed by atoms with E-state index in [-0.39, 0.29) is 24.8 Å². The Kier molecular flexibility index (Phi) is 5.54. The number of amides is 3. The third-order valence-electron chi connectivity index (χ3n) is 4.97. The SMILES string of the molecule is C=C(C)C(=O)N1CC2(CC(c3cccc(NC(=O)/C=C\C)c3)=NO2)C[C@H]1C(N)=O. The van der Waals surface area contributed by atoms with Crippen LogP contribution in [0.3, 0.4) is 0 Å². The van der Waals surface area contributed by atoms with Gasteiger partial charge < -0.3 is 20.8 Å². The van der Waals surface area contributed by atoms with Gasteiger partial charge in [0.05, 0.1) is 12.3 Å². The molecule has 1 aromatic carbocycles. The Balaban J connectivity index is 1.77. The number of benzene rings is 1. The summed E-state index contributed by atoms with van der Waals surface area (Å²) >= 11 is 0. The number of nitrogens with zero attached hydrogens (tertiary/aromatic N) is 2. The summed E-state index contributed by atoms with van der Waals surface area (Å²) in [5.74, 6) is -1.13. The molecule has 2 heterocycles. The summed E-state index contributed by atoms with van der Waals surface area (Å²) in [7, 11) is 0. The molecule has 152 valence electrons. The molecule has 3 N–H and O–H groups in total. The molecule has 3 amide bonds. The Morgan fingerprint density at radius 2 is 2.17 bits per heavy atom. The van der Waals surface area contributed by atoms with Crippen molar-refractivity contribution < 1.29 is 19.2 Å². The second-order valence-electron chi connectivity index (χ2n) is 7.39. The van der Waals surface area contributed by atoms with Crippen molar-refractivity contribution in [1.82, 2.24) is 4.90 Å². The van der Waals surface area contributed by atoms with Gasteiger partial charge in [-0.3, -0.25) is 14.4 Å². The molecule has 2 aliphatic heterocycles. The Morgan fingerprint density at radius 3 is 2.83 bits per heavy atom. The Bertz CT molecular complexity index is 936. The van der Waals surface area contributed by atoms with E-state index in [0.717, 1.165) is 5.56 Å². The number of primary amides is 1. The molecular weight excluding hydrogens is 372 g/mol. The van der Waals surface area contributed by atoms with Crippen molar-refractivity contribution in [2.45, 2.75) is 38.3 Å².